The van der Waals surface area contributed by atoms with Crippen LogP contribution >= 0.6 is 23.1 Å². The number of urea groups is 1. The van der Waals surface area contributed by atoms with E-state index in [2.05, 4.69) is 15.0 Å². The third-order valence-electron chi connectivity index (χ3n) is 4.55. The summed E-state index contributed by atoms with van der Waals surface area (Å²) in [6.45, 7) is 2.68. The van der Waals surface area contributed by atoms with Gasteiger partial charge in [0.1, 0.15) is 17.4 Å². The summed E-state index contributed by atoms with van der Waals surface area (Å²) in [7, 11) is 0. The Morgan fingerprint density at radius 2 is 2.12 bits per heavy atom. The second-order valence-electron chi connectivity index (χ2n) is 6.92. The molecule has 10 nitrogen and oxygen atoms in total. The van der Waals surface area contributed by atoms with Gasteiger partial charge in [-0.3, -0.25) is 10.2 Å². The van der Waals surface area contributed by atoms with Crippen molar-refractivity contribution < 1.29 is 33.7 Å². The number of carbonyl (C=O) groups is 2. The molecule has 32 heavy (non-hydrogen) atoms. The number of ether oxygens (including phenoxy) is 2. The molecule has 0 aliphatic carbocycles. The van der Waals surface area contributed by atoms with Gasteiger partial charge in [0, 0.05) is 36.8 Å². The van der Waals surface area contributed by atoms with Crippen molar-refractivity contribution in [1.29, 1.82) is 0 Å². The Morgan fingerprint density at radius 1 is 1.38 bits per heavy atom. The number of carbonyl (C=O) groups excluding carboxylic acids is 1. The van der Waals surface area contributed by atoms with Gasteiger partial charge >= 0.3 is 12.0 Å². The third-order valence-corrected chi connectivity index (χ3v) is 5.53. The zero-order chi connectivity index (χ0) is 23.1. The summed E-state index contributed by atoms with van der Waals surface area (Å²) in [4.78, 5) is 25.8. The summed E-state index contributed by atoms with van der Waals surface area (Å²) in [5.41, 5.74) is -0.186. The van der Waals surface area contributed by atoms with Gasteiger partial charge in [0.25, 0.3) is 0 Å². The van der Waals surface area contributed by atoms with Gasteiger partial charge in [0.05, 0.1) is 19.3 Å². The van der Waals surface area contributed by atoms with Crippen LogP contribution in [0.25, 0.3) is 0 Å². The van der Waals surface area contributed by atoms with Crippen LogP contribution in [0.15, 0.2) is 18.2 Å². The Bertz CT molecular complexity index is 956. The third kappa shape index (κ3) is 6.74. The van der Waals surface area contributed by atoms with Gasteiger partial charge in [-0.1, -0.05) is 17.7 Å². The van der Waals surface area contributed by atoms with Gasteiger partial charge < -0.3 is 25.0 Å². The van der Waals surface area contributed by atoms with Crippen LogP contribution in [0.4, 0.5) is 14.2 Å². The van der Waals surface area contributed by atoms with Gasteiger partial charge in [0.2, 0.25) is 5.88 Å². The Kier molecular flexibility index (Phi) is 8.59. The molecule has 1 aliphatic heterocycles. The number of nitrogens with zero attached hydrogens (tertiary/aromatic N) is 2. The lowest BCUT2D eigenvalue weighted by atomic mass is 10.2. The topological polar surface area (TPSA) is 133 Å². The maximum atomic E-state index is 13.9. The summed E-state index contributed by atoms with van der Waals surface area (Å²) in [5, 5.41) is 24.7. The lowest BCUT2D eigenvalue weighted by Gasteiger charge is -2.28. The number of hydrogen-bond acceptors (Lipinski definition) is 8. The molecule has 1 aromatic heterocycles. The Morgan fingerprint density at radius 3 is 2.81 bits per heavy atom. The van der Waals surface area contributed by atoms with Crippen molar-refractivity contribution in [3.63, 3.8) is 0 Å². The molecule has 0 bridgehead atoms. The number of aliphatic hydroxyl groups excluding tert-OH is 1. The van der Waals surface area contributed by atoms with Crippen molar-refractivity contribution >= 4 is 40.1 Å². The van der Waals surface area contributed by atoms with Crippen LogP contribution in [0.3, 0.4) is 0 Å². The number of anilines is 1. The van der Waals surface area contributed by atoms with Crippen molar-refractivity contribution in [3.8, 4) is 5.88 Å². The van der Waals surface area contributed by atoms with Crippen LogP contribution in [-0.2, 0) is 11.3 Å². The highest BCUT2D eigenvalue weighted by Gasteiger charge is 2.24. The number of nitrogens with one attached hydrogen (secondary N) is 2. The highest BCUT2D eigenvalue weighted by Crippen LogP contribution is 2.31. The van der Waals surface area contributed by atoms with E-state index in [0.717, 1.165) is 6.07 Å². The van der Waals surface area contributed by atoms with Crippen LogP contribution in [0.5, 0.6) is 5.88 Å². The molecule has 2 heterocycles. The van der Waals surface area contributed by atoms with Crippen molar-refractivity contribution in [2.45, 2.75) is 12.7 Å². The Hall–Kier alpha value is -2.51. The molecular formula is C19H22ClFN4O6S. The summed E-state index contributed by atoms with van der Waals surface area (Å²) in [6.07, 6.45) is -0.799. The fraction of sp³-hybridized carbons (Fsp3) is 0.421. The molecule has 1 fully saturated rings. The van der Waals surface area contributed by atoms with E-state index >= 15 is 0 Å². The number of aromatic carboxylic acids is 1. The van der Waals surface area contributed by atoms with Crippen molar-refractivity contribution in [3.05, 3.63) is 40.2 Å². The lowest BCUT2D eigenvalue weighted by Crippen LogP contribution is -2.45. The van der Waals surface area contributed by atoms with E-state index in [9.17, 15) is 24.2 Å². The Balaban J connectivity index is 1.54. The second kappa shape index (κ2) is 11.4. The first-order chi connectivity index (χ1) is 15.3. The molecule has 1 saturated heterocycles. The molecule has 0 spiro atoms. The standard InChI is InChI=1S/C19H22ClFN4O6S/c20-12-2-1-11(14(21)7-12)10-31-16-15(18(27)28)17(32-24-16)23-19(29)22-8-13(26)9-25-3-5-30-6-4-25/h1-2,7,13,26H,3-6,8-10H2,(H,27,28)(H2,22,23,29). The number of carboxylic acids is 1. The van der Waals surface area contributed by atoms with Crippen molar-refractivity contribution in [2.24, 2.45) is 0 Å². The normalized spacial score (nSPS) is 15.2. The van der Waals surface area contributed by atoms with E-state index < -0.39 is 23.9 Å². The van der Waals surface area contributed by atoms with Gasteiger partial charge in [-0.2, -0.15) is 4.37 Å². The minimum Gasteiger partial charge on any atom is -0.477 e. The number of morpholine rings is 1. The number of halogens is 2. The van der Waals surface area contributed by atoms with E-state index in [0.29, 0.717) is 44.4 Å². The van der Waals surface area contributed by atoms with Crippen LogP contribution in [0.1, 0.15) is 15.9 Å². The minimum absolute atomic E-state index is 0.0242. The summed E-state index contributed by atoms with van der Waals surface area (Å²) in [6, 6.07) is 3.31. The number of hydrogen-bond donors (Lipinski definition) is 4. The first-order valence-electron chi connectivity index (χ1n) is 9.66. The molecule has 1 aromatic carbocycles. The number of amides is 2. The number of carboxylic acid groups (broad SMARTS) is 1. The van der Waals surface area contributed by atoms with E-state index in [4.69, 9.17) is 21.1 Å². The molecule has 4 N–H and O–H groups in total. The molecule has 1 atom stereocenters. The van der Waals surface area contributed by atoms with Gasteiger partial charge in [0.15, 0.2) is 5.56 Å². The lowest BCUT2D eigenvalue weighted by molar-refractivity contribution is 0.0154. The van der Waals surface area contributed by atoms with Gasteiger partial charge in [-0.05, 0) is 23.7 Å². The molecule has 1 aliphatic rings. The molecule has 3 rings (SSSR count). The Labute approximate surface area is 192 Å². The maximum absolute atomic E-state index is 13.9. The molecule has 1 unspecified atom stereocenters. The van der Waals surface area contributed by atoms with Crippen LogP contribution in [0.2, 0.25) is 5.02 Å². The van der Waals surface area contributed by atoms with E-state index in [1.165, 1.54) is 12.1 Å². The molecule has 2 aromatic rings. The van der Waals surface area contributed by atoms with Gasteiger partial charge in [-0.15, -0.1) is 0 Å². The minimum atomic E-state index is -1.37. The molecule has 2 amide bonds. The average Bonchev–Trinajstić information content (AvgIpc) is 3.15. The number of benzene rings is 1. The van der Waals surface area contributed by atoms with Crippen LogP contribution in [0, 0.1) is 5.82 Å². The SMILES string of the molecule is O=C(NCC(O)CN1CCOCC1)Nc1snc(OCc2ccc(Cl)cc2F)c1C(=O)O. The summed E-state index contributed by atoms with van der Waals surface area (Å²) >= 11 is 6.42. The summed E-state index contributed by atoms with van der Waals surface area (Å²) in [5.74, 6) is -2.22. The van der Waals surface area contributed by atoms with Gasteiger partial charge in [-0.25, -0.2) is 14.0 Å². The predicted molar refractivity (Wildman–Crippen MR) is 115 cm³/mol. The molecular weight excluding hydrogens is 467 g/mol. The fourth-order valence-electron chi connectivity index (χ4n) is 2.94. The molecule has 174 valence electrons. The first kappa shape index (κ1) is 24.1. The molecule has 0 saturated carbocycles. The number of aliphatic hydroxyl groups is 1. The zero-order valence-corrected chi connectivity index (χ0v) is 18.4. The largest absolute Gasteiger partial charge is 0.477 e. The molecule has 13 heteroatoms. The molecule has 0 radical (unpaired) electrons. The second-order valence-corrected chi connectivity index (χ2v) is 8.13. The number of aromatic nitrogens is 1. The quantitative estimate of drug-likeness (QED) is 0.421. The average molecular weight is 489 g/mol. The van der Waals surface area contributed by atoms with Crippen molar-refractivity contribution in [2.75, 3.05) is 44.7 Å². The van der Waals surface area contributed by atoms with Crippen molar-refractivity contribution in [1.82, 2.24) is 14.6 Å². The highest BCUT2D eigenvalue weighted by atomic mass is 35.5. The first-order valence-corrected chi connectivity index (χ1v) is 10.8. The maximum Gasteiger partial charge on any atom is 0.344 e. The van der Waals surface area contributed by atoms with E-state index in [-0.39, 0.29) is 40.2 Å². The highest BCUT2D eigenvalue weighted by molar-refractivity contribution is 7.11. The summed E-state index contributed by atoms with van der Waals surface area (Å²) < 4.78 is 28.4. The van der Waals surface area contributed by atoms with Crippen LogP contribution in [-0.4, -0.2) is 77.0 Å². The van der Waals surface area contributed by atoms with Crippen LogP contribution < -0.4 is 15.4 Å². The monoisotopic (exact) mass is 488 g/mol. The zero-order valence-electron chi connectivity index (χ0n) is 16.8. The van der Waals surface area contributed by atoms with E-state index in [1.807, 2.05) is 4.90 Å². The number of β-amino-alcohol motifs (C(OH)–C–C–N with tert-alkyl or cyclic N) is 1. The fourth-order valence-corrected chi connectivity index (χ4v) is 3.82. The smallest absolute Gasteiger partial charge is 0.344 e. The predicted octanol–water partition coefficient (Wildman–Crippen LogP) is 2.03. The van der Waals surface area contributed by atoms with E-state index in [1.54, 1.807) is 0 Å². The number of rotatable bonds is 9.